The van der Waals surface area contributed by atoms with E-state index in [0.717, 1.165) is 16.3 Å². The molecular formula is C19H14ClN3O3S. The molecule has 4 aromatic rings. The Hall–Kier alpha value is -2.90. The van der Waals surface area contributed by atoms with Crippen molar-refractivity contribution in [3.8, 4) is 11.3 Å². The lowest BCUT2D eigenvalue weighted by molar-refractivity contribution is 0.0954. The number of aromatic amines is 1. The maximum Gasteiger partial charge on any atom is 0.417 e. The zero-order chi connectivity index (χ0) is 18.8. The highest BCUT2D eigenvalue weighted by atomic mass is 35.5. The molecule has 0 saturated carbocycles. The number of halogens is 1. The number of benzene rings is 2. The number of carbonyl (C=O) groups excluding carboxylic acids is 1. The molecule has 2 N–H and O–H groups in total. The Labute approximate surface area is 162 Å². The molecule has 0 spiro atoms. The smallest absolute Gasteiger partial charge is 0.408 e. The van der Waals surface area contributed by atoms with Crippen LogP contribution < -0.4 is 11.1 Å². The summed E-state index contributed by atoms with van der Waals surface area (Å²) >= 11 is 7.55. The van der Waals surface area contributed by atoms with Gasteiger partial charge in [-0.3, -0.25) is 9.78 Å². The van der Waals surface area contributed by atoms with Crippen LogP contribution in [0.4, 0.5) is 0 Å². The van der Waals surface area contributed by atoms with Crippen molar-refractivity contribution in [1.82, 2.24) is 15.3 Å². The van der Waals surface area contributed by atoms with Crippen molar-refractivity contribution in [2.75, 3.05) is 6.54 Å². The van der Waals surface area contributed by atoms with Crippen molar-refractivity contribution in [2.24, 2.45) is 0 Å². The molecule has 0 aliphatic heterocycles. The number of thiazole rings is 1. The number of nitrogens with one attached hydrogen (secondary N) is 2. The van der Waals surface area contributed by atoms with Crippen molar-refractivity contribution in [1.29, 1.82) is 0 Å². The fraction of sp³-hybridized carbons (Fsp3) is 0.105. The number of oxazole rings is 1. The van der Waals surface area contributed by atoms with E-state index in [1.54, 1.807) is 36.4 Å². The molecule has 6 nitrogen and oxygen atoms in total. The lowest BCUT2D eigenvalue weighted by Crippen LogP contribution is -2.25. The molecule has 2 aromatic carbocycles. The number of carbonyl (C=O) groups is 1. The molecule has 0 fully saturated rings. The van der Waals surface area contributed by atoms with Gasteiger partial charge in [-0.15, -0.1) is 11.3 Å². The third-order valence-corrected chi connectivity index (χ3v) is 5.25. The molecule has 8 heteroatoms. The van der Waals surface area contributed by atoms with Gasteiger partial charge < -0.3 is 9.73 Å². The molecule has 1 amide bonds. The SMILES string of the molecule is O=C(NCCc1nc(-c2ccc3[nH]c(=O)oc3c2)cs1)c1ccccc1Cl. The number of hydrogen-bond acceptors (Lipinski definition) is 5. The fourth-order valence-electron chi connectivity index (χ4n) is 2.69. The van der Waals surface area contributed by atoms with Gasteiger partial charge in [-0.25, -0.2) is 9.78 Å². The highest BCUT2D eigenvalue weighted by Crippen LogP contribution is 2.25. The van der Waals surface area contributed by atoms with Gasteiger partial charge in [-0.2, -0.15) is 0 Å². The first-order chi connectivity index (χ1) is 13.1. The van der Waals surface area contributed by atoms with Crippen molar-refractivity contribution in [3.05, 3.63) is 74.0 Å². The highest BCUT2D eigenvalue weighted by Gasteiger charge is 2.11. The predicted molar refractivity (Wildman–Crippen MR) is 105 cm³/mol. The fourth-order valence-corrected chi connectivity index (χ4v) is 3.72. The predicted octanol–water partition coefficient (Wildman–Crippen LogP) is 3.87. The average Bonchev–Trinajstić information content (AvgIpc) is 3.26. The second-order valence-electron chi connectivity index (χ2n) is 5.84. The van der Waals surface area contributed by atoms with E-state index in [0.29, 0.717) is 34.7 Å². The van der Waals surface area contributed by atoms with Crippen LogP contribution >= 0.6 is 22.9 Å². The zero-order valence-corrected chi connectivity index (χ0v) is 15.6. The molecule has 2 heterocycles. The maximum atomic E-state index is 12.2. The number of amides is 1. The Morgan fingerprint density at radius 2 is 2.11 bits per heavy atom. The molecule has 0 aliphatic carbocycles. The molecule has 2 aromatic heterocycles. The number of H-pyrrole nitrogens is 1. The average molecular weight is 400 g/mol. The molecule has 0 unspecified atom stereocenters. The van der Waals surface area contributed by atoms with Gasteiger partial charge in [0.25, 0.3) is 5.91 Å². The van der Waals surface area contributed by atoms with Crippen molar-refractivity contribution < 1.29 is 9.21 Å². The summed E-state index contributed by atoms with van der Waals surface area (Å²) in [5.74, 6) is -0.680. The van der Waals surface area contributed by atoms with E-state index >= 15 is 0 Å². The summed E-state index contributed by atoms with van der Waals surface area (Å²) in [6, 6.07) is 12.4. The summed E-state index contributed by atoms with van der Waals surface area (Å²) in [6.07, 6.45) is 0.613. The summed E-state index contributed by atoms with van der Waals surface area (Å²) in [7, 11) is 0. The normalized spacial score (nSPS) is 11.0. The van der Waals surface area contributed by atoms with Gasteiger partial charge in [0.1, 0.15) is 0 Å². The van der Waals surface area contributed by atoms with Crippen LogP contribution in [0.3, 0.4) is 0 Å². The van der Waals surface area contributed by atoms with Crippen LogP contribution in [0.1, 0.15) is 15.4 Å². The lowest BCUT2D eigenvalue weighted by Gasteiger charge is -2.05. The van der Waals surface area contributed by atoms with E-state index in [1.807, 2.05) is 11.4 Å². The van der Waals surface area contributed by atoms with E-state index in [4.69, 9.17) is 16.0 Å². The van der Waals surface area contributed by atoms with Gasteiger partial charge in [0.05, 0.1) is 26.8 Å². The number of aromatic nitrogens is 2. The number of hydrogen-bond donors (Lipinski definition) is 2. The van der Waals surface area contributed by atoms with Crippen LogP contribution in [0.5, 0.6) is 0 Å². The minimum Gasteiger partial charge on any atom is -0.408 e. The highest BCUT2D eigenvalue weighted by molar-refractivity contribution is 7.09. The van der Waals surface area contributed by atoms with Crippen LogP contribution in [-0.4, -0.2) is 22.4 Å². The second-order valence-corrected chi connectivity index (χ2v) is 7.19. The first-order valence-corrected chi connectivity index (χ1v) is 9.46. The Morgan fingerprint density at radius 1 is 1.26 bits per heavy atom. The Kier molecular flexibility index (Phi) is 4.79. The molecule has 0 aliphatic rings. The summed E-state index contributed by atoms with van der Waals surface area (Å²) < 4.78 is 5.09. The van der Waals surface area contributed by atoms with Crippen LogP contribution in [-0.2, 0) is 6.42 Å². The first-order valence-electron chi connectivity index (χ1n) is 8.20. The largest absolute Gasteiger partial charge is 0.417 e. The Bertz CT molecular complexity index is 1180. The third-order valence-electron chi connectivity index (χ3n) is 4.01. The van der Waals surface area contributed by atoms with E-state index in [2.05, 4.69) is 15.3 Å². The molecule has 0 atom stereocenters. The van der Waals surface area contributed by atoms with Gasteiger partial charge in [0.15, 0.2) is 5.58 Å². The molecule has 136 valence electrons. The molecule has 27 heavy (non-hydrogen) atoms. The van der Waals surface area contributed by atoms with E-state index < -0.39 is 5.76 Å². The topological polar surface area (TPSA) is 88.0 Å². The van der Waals surface area contributed by atoms with Crippen LogP contribution in [0, 0.1) is 0 Å². The van der Waals surface area contributed by atoms with Crippen LogP contribution in [0.15, 0.2) is 57.1 Å². The van der Waals surface area contributed by atoms with Gasteiger partial charge in [0.2, 0.25) is 0 Å². The van der Waals surface area contributed by atoms with Gasteiger partial charge in [-0.1, -0.05) is 29.8 Å². The van der Waals surface area contributed by atoms with Gasteiger partial charge in [-0.05, 0) is 24.3 Å². The van der Waals surface area contributed by atoms with E-state index in [-0.39, 0.29) is 5.91 Å². The molecule has 0 bridgehead atoms. The zero-order valence-electron chi connectivity index (χ0n) is 14.0. The summed E-state index contributed by atoms with van der Waals surface area (Å²) in [5, 5.41) is 6.13. The molecule has 0 radical (unpaired) electrons. The van der Waals surface area contributed by atoms with Crippen molar-refractivity contribution in [2.45, 2.75) is 6.42 Å². The van der Waals surface area contributed by atoms with Gasteiger partial charge >= 0.3 is 5.76 Å². The Morgan fingerprint density at radius 3 is 2.96 bits per heavy atom. The standard InChI is InChI=1S/C19H14ClN3O3S/c20-13-4-2-1-3-12(13)18(24)21-8-7-17-22-15(10-27-17)11-5-6-14-16(9-11)26-19(25)23-14/h1-6,9-10H,7-8H2,(H,21,24)(H,23,25). The maximum absolute atomic E-state index is 12.2. The monoisotopic (exact) mass is 399 g/mol. The van der Waals surface area contributed by atoms with Gasteiger partial charge in [0, 0.05) is 23.9 Å². The number of nitrogens with zero attached hydrogens (tertiary/aromatic N) is 1. The van der Waals surface area contributed by atoms with Crippen molar-refractivity contribution >= 4 is 39.9 Å². The van der Waals surface area contributed by atoms with E-state index in [1.165, 1.54) is 11.3 Å². The Balaban J connectivity index is 1.41. The first kappa shape index (κ1) is 17.5. The molecule has 0 saturated heterocycles. The molecule has 4 rings (SSSR count). The molecular weight excluding hydrogens is 386 g/mol. The minimum atomic E-state index is -0.477. The second kappa shape index (κ2) is 7.38. The number of fused-ring (bicyclic) bond motifs is 1. The summed E-state index contributed by atoms with van der Waals surface area (Å²) in [5.41, 5.74) is 3.28. The van der Waals surface area contributed by atoms with Crippen molar-refractivity contribution in [3.63, 3.8) is 0 Å². The third kappa shape index (κ3) is 3.79. The quantitative estimate of drug-likeness (QED) is 0.533. The summed E-state index contributed by atoms with van der Waals surface area (Å²) in [4.78, 5) is 30.6. The van der Waals surface area contributed by atoms with Crippen LogP contribution in [0.2, 0.25) is 5.02 Å². The minimum absolute atomic E-state index is 0.203. The van der Waals surface area contributed by atoms with Crippen LogP contribution in [0.25, 0.3) is 22.4 Å². The summed E-state index contributed by atoms with van der Waals surface area (Å²) in [6.45, 7) is 0.461. The number of rotatable bonds is 5. The lowest BCUT2D eigenvalue weighted by atomic mass is 10.1. The van der Waals surface area contributed by atoms with E-state index in [9.17, 15) is 9.59 Å².